The minimum Gasteiger partial charge on any atom is -0.366 e. The van der Waals surface area contributed by atoms with E-state index >= 15 is 0 Å². The van der Waals surface area contributed by atoms with Gasteiger partial charge in [0.1, 0.15) is 5.82 Å². The average molecular weight is 233 g/mol. The molecule has 16 heavy (non-hydrogen) atoms. The highest BCUT2D eigenvalue weighted by Gasteiger charge is 2.05. The largest absolute Gasteiger partial charge is 0.366 e. The number of thiophene rings is 1. The Morgan fingerprint density at radius 1 is 1.50 bits per heavy atom. The Bertz CT molecular complexity index is 439. The molecule has 3 nitrogen and oxygen atoms in total. The zero-order chi connectivity index (χ0) is 11.4. The molecule has 0 radical (unpaired) electrons. The van der Waals surface area contributed by atoms with Gasteiger partial charge in [-0.15, -0.1) is 5.10 Å². The molecule has 1 unspecified atom stereocenters. The summed E-state index contributed by atoms with van der Waals surface area (Å²) in [5.41, 5.74) is 2.49. The zero-order valence-corrected chi connectivity index (χ0v) is 10.3. The molecule has 2 aromatic heterocycles. The number of aromatic nitrogens is 2. The molecule has 0 saturated heterocycles. The van der Waals surface area contributed by atoms with Crippen LogP contribution in [0.15, 0.2) is 29.1 Å². The standard InChI is InChI=1S/C12H15N3S/c1-9-5-12(15-13-7-9)14-10(2)6-11-3-4-16-8-11/h3-5,7-8,10H,6H2,1-2H3,(H,14,15). The van der Waals surface area contributed by atoms with Crippen molar-refractivity contribution in [1.82, 2.24) is 10.2 Å². The quantitative estimate of drug-likeness (QED) is 0.882. The Kier molecular flexibility index (Phi) is 3.51. The van der Waals surface area contributed by atoms with E-state index in [1.165, 1.54) is 5.56 Å². The van der Waals surface area contributed by atoms with Gasteiger partial charge in [0.25, 0.3) is 0 Å². The molecule has 0 aliphatic rings. The fraction of sp³-hybridized carbons (Fsp3) is 0.333. The fourth-order valence-corrected chi connectivity index (χ4v) is 2.28. The van der Waals surface area contributed by atoms with Crippen molar-refractivity contribution in [1.29, 1.82) is 0 Å². The van der Waals surface area contributed by atoms with Crippen LogP contribution >= 0.6 is 11.3 Å². The van der Waals surface area contributed by atoms with E-state index < -0.39 is 0 Å². The lowest BCUT2D eigenvalue weighted by Gasteiger charge is -2.13. The molecule has 0 bridgehead atoms. The number of nitrogens with one attached hydrogen (secondary N) is 1. The highest BCUT2D eigenvalue weighted by molar-refractivity contribution is 7.07. The Labute approximate surface area is 99.5 Å². The first-order chi connectivity index (χ1) is 7.74. The van der Waals surface area contributed by atoms with Crippen LogP contribution in [0.3, 0.4) is 0 Å². The van der Waals surface area contributed by atoms with Crippen LogP contribution in [0.5, 0.6) is 0 Å². The zero-order valence-electron chi connectivity index (χ0n) is 9.47. The van der Waals surface area contributed by atoms with Crippen molar-refractivity contribution >= 4 is 17.2 Å². The van der Waals surface area contributed by atoms with Crippen molar-refractivity contribution in [3.05, 3.63) is 40.2 Å². The van der Waals surface area contributed by atoms with E-state index in [1.807, 2.05) is 13.0 Å². The third kappa shape index (κ3) is 3.03. The second-order valence-electron chi connectivity index (χ2n) is 4.00. The van der Waals surface area contributed by atoms with Crippen molar-refractivity contribution in [3.63, 3.8) is 0 Å². The second kappa shape index (κ2) is 5.07. The van der Waals surface area contributed by atoms with E-state index in [9.17, 15) is 0 Å². The minimum absolute atomic E-state index is 0.366. The molecule has 1 atom stereocenters. The summed E-state index contributed by atoms with van der Waals surface area (Å²) in [6.07, 6.45) is 2.77. The van der Waals surface area contributed by atoms with E-state index in [2.05, 4.69) is 39.3 Å². The van der Waals surface area contributed by atoms with E-state index in [-0.39, 0.29) is 0 Å². The molecule has 0 fully saturated rings. The van der Waals surface area contributed by atoms with Gasteiger partial charge in [-0.05, 0) is 54.3 Å². The highest BCUT2D eigenvalue weighted by atomic mass is 32.1. The lowest BCUT2D eigenvalue weighted by molar-refractivity contribution is 0.780. The van der Waals surface area contributed by atoms with Gasteiger partial charge >= 0.3 is 0 Å². The van der Waals surface area contributed by atoms with Gasteiger partial charge in [0.05, 0.1) is 6.20 Å². The van der Waals surface area contributed by atoms with Gasteiger partial charge in [-0.25, -0.2) is 0 Å². The van der Waals surface area contributed by atoms with Crippen molar-refractivity contribution in [3.8, 4) is 0 Å². The molecule has 0 amide bonds. The first kappa shape index (κ1) is 11.1. The summed E-state index contributed by atoms with van der Waals surface area (Å²) in [5, 5.41) is 15.6. The maximum absolute atomic E-state index is 4.05. The van der Waals surface area contributed by atoms with Crippen LogP contribution in [0, 0.1) is 6.92 Å². The third-order valence-electron chi connectivity index (χ3n) is 2.31. The summed E-state index contributed by atoms with van der Waals surface area (Å²) in [7, 11) is 0. The van der Waals surface area contributed by atoms with Crippen LogP contribution in [0.2, 0.25) is 0 Å². The van der Waals surface area contributed by atoms with Crippen molar-refractivity contribution in [2.75, 3.05) is 5.32 Å². The van der Waals surface area contributed by atoms with Crippen LogP contribution in [-0.4, -0.2) is 16.2 Å². The molecule has 2 rings (SSSR count). The van der Waals surface area contributed by atoms with Crippen molar-refractivity contribution in [2.24, 2.45) is 0 Å². The van der Waals surface area contributed by atoms with E-state index in [0.717, 1.165) is 17.8 Å². The van der Waals surface area contributed by atoms with Crippen LogP contribution in [0.1, 0.15) is 18.1 Å². The molecular weight excluding hydrogens is 218 g/mol. The predicted octanol–water partition coefficient (Wildman–Crippen LogP) is 2.89. The second-order valence-corrected chi connectivity index (χ2v) is 4.78. The Morgan fingerprint density at radius 3 is 3.06 bits per heavy atom. The van der Waals surface area contributed by atoms with Gasteiger partial charge in [-0.2, -0.15) is 16.4 Å². The molecule has 0 aromatic carbocycles. The SMILES string of the molecule is Cc1cnnc(NC(C)Cc2ccsc2)c1. The topological polar surface area (TPSA) is 37.8 Å². The lowest BCUT2D eigenvalue weighted by atomic mass is 10.1. The lowest BCUT2D eigenvalue weighted by Crippen LogP contribution is -2.18. The molecule has 0 aliphatic heterocycles. The molecule has 0 aliphatic carbocycles. The highest BCUT2D eigenvalue weighted by Crippen LogP contribution is 2.11. The predicted molar refractivity (Wildman–Crippen MR) is 67.9 cm³/mol. The number of anilines is 1. The Balaban J connectivity index is 1.94. The van der Waals surface area contributed by atoms with E-state index in [1.54, 1.807) is 17.5 Å². The van der Waals surface area contributed by atoms with Gasteiger partial charge in [-0.3, -0.25) is 0 Å². The first-order valence-corrected chi connectivity index (χ1v) is 6.25. The third-order valence-corrected chi connectivity index (χ3v) is 3.04. The van der Waals surface area contributed by atoms with Crippen molar-refractivity contribution < 1.29 is 0 Å². The van der Waals surface area contributed by atoms with Gasteiger partial charge < -0.3 is 5.32 Å². The summed E-state index contributed by atoms with van der Waals surface area (Å²) in [6, 6.07) is 4.53. The van der Waals surface area contributed by atoms with Gasteiger partial charge in [0.15, 0.2) is 0 Å². The molecule has 2 heterocycles. The van der Waals surface area contributed by atoms with Gasteiger partial charge in [0, 0.05) is 6.04 Å². The minimum atomic E-state index is 0.366. The fourth-order valence-electron chi connectivity index (χ4n) is 1.60. The van der Waals surface area contributed by atoms with Gasteiger partial charge in [-0.1, -0.05) is 0 Å². The smallest absolute Gasteiger partial charge is 0.149 e. The summed E-state index contributed by atoms with van der Waals surface area (Å²) < 4.78 is 0. The number of nitrogens with zero attached hydrogens (tertiary/aromatic N) is 2. The molecule has 2 aromatic rings. The maximum atomic E-state index is 4.05. The van der Waals surface area contributed by atoms with Crippen LogP contribution in [0.4, 0.5) is 5.82 Å². The number of rotatable bonds is 4. The summed E-state index contributed by atoms with van der Waals surface area (Å²) in [4.78, 5) is 0. The maximum Gasteiger partial charge on any atom is 0.149 e. The number of hydrogen-bond donors (Lipinski definition) is 1. The number of hydrogen-bond acceptors (Lipinski definition) is 4. The molecule has 1 N–H and O–H groups in total. The molecule has 0 spiro atoms. The molecule has 84 valence electrons. The van der Waals surface area contributed by atoms with Crippen LogP contribution in [0.25, 0.3) is 0 Å². The van der Waals surface area contributed by atoms with E-state index in [4.69, 9.17) is 0 Å². The monoisotopic (exact) mass is 233 g/mol. The molecule has 4 heteroatoms. The number of aryl methyl sites for hydroxylation is 1. The first-order valence-electron chi connectivity index (χ1n) is 5.31. The summed E-state index contributed by atoms with van der Waals surface area (Å²) in [6.45, 7) is 4.17. The van der Waals surface area contributed by atoms with Crippen LogP contribution < -0.4 is 5.32 Å². The summed E-state index contributed by atoms with van der Waals surface area (Å²) >= 11 is 1.73. The van der Waals surface area contributed by atoms with Crippen LogP contribution in [-0.2, 0) is 6.42 Å². The Hall–Kier alpha value is -1.42. The molecule has 0 saturated carbocycles. The average Bonchev–Trinajstić information content (AvgIpc) is 2.70. The Morgan fingerprint density at radius 2 is 2.38 bits per heavy atom. The summed E-state index contributed by atoms with van der Waals surface area (Å²) in [5.74, 6) is 0.850. The molecular formula is C12H15N3S. The van der Waals surface area contributed by atoms with Gasteiger partial charge in [0.2, 0.25) is 0 Å². The van der Waals surface area contributed by atoms with Crippen molar-refractivity contribution in [2.45, 2.75) is 26.3 Å². The normalized spacial score (nSPS) is 12.4. The van der Waals surface area contributed by atoms with E-state index in [0.29, 0.717) is 6.04 Å².